The summed E-state index contributed by atoms with van der Waals surface area (Å²) in [6.07, 6.45) is 3.58. The summed E-state index contributed by atoms with van der Waals surface area (Å²) in [4.78, 5) is 22.8. The van der Waals surface area contributed by atoms with Gasteiger partial charge in [-0.15, -0.1) is 0 Å². The minimum atomic E-state index is -1.02. The van der Waals surface area contributed by atoms with Crippen molar-refractivity contribution in [3.8, 4) is 0 Å². The number of hydrogen-bond donors (Lipinski definition) is 2. The van der Waals surface area contributed by atoms with E-state index in [1.807, 2.05) is 6.92 Å². The van der Waals surface area contributed by atoms with Crippen molar-refractivity contribution >= 4 is 29.6 Å². The Kier molecular flexibility index (Phi) is 6.25. The highest BCUT2D eigenvalue weighted by atomic mass is 35.5. The number of nitrogens with one attached hydrogen (secondary N) is 1. The Labute approximate surface area is 123 Å². The number of carboxylic acid groups (broad SMARTS) is 1. The maximum Gasteiger partial charge on any atom is 0.326 e. The molecule has 2 N–H and O–H groups in total. The normalized spacial score (nSPS) is 13.9. The minimum absolute atomic E-state index is 0.129. The molecule has 108 valence electrons. The van der Waals surface area contributed by atoms with Gasteiger partial charge in [-0.05, 0) is 29.7 Å². The molecule has 20 heavy (non-hydrogen) atoms. The summed E-state index contributed by atoms with van der Waals surface area (Å²) in [5, 5.41) is 12.2. The van der Waals surface area contributed by atoms with Crippen LogP contribution in [0.25, 0.3) is 6.08 Å². The fourth-order valence-corrected chi connectivity index (χ4v) is 1.87. The lowest BCUT2D eigenvalue weighted by molar-refractivity contribution is -0.142. The van der Waals surface area contributed by atoms with Crippen molar-refractivity contribution in [2.75, 3.05) is 0 Å². The van der Waals surface area contributed by atoms with Gasteiger partial charge in [0.1, 0.15) is 6.04 Å². The van der Waals surface area contributed by atoms with E-state index >= 15 is 0 Å². The number of carbonyl (C=O) groups excluding carboxylic acids is 1. The number of carbonyl (C=O) groups is 2. The van der Waals surface area contributed by atoms with Crippen molar-refractivity contribution in [3.05, 3.63) is 40.9 Å². The second kappa shape index (κ2) is 7.70. The fraction of sp³-hybridized carbons (Fsp3) is 0.333. The Morgan fingerprint density at radius 3 is 2.70 bits per heavy atom. The number of hydrogen-bond acceptors (Lipinski definition) is 2. The first-order chi connectivity index (χ1) is 9.43. The second-order valence-electron chi connectivity index (χ2n) is 4.60. The number of amides is 1. The highest BCUT2D eigenvalue weighted by molar-refractivity contribution is 6.30. The van der Waals surface area contributed by atoms with E-state index in [0.29, 0.717) is 11.4 Å². The van der Waals surface area contributed by atoms with Crippen LogP contribution in [0.3, 0.4) is 0 Å². The van der Waals surface area contributed by atoms with Gasteiger partial charge in [0.15, 0.2) is 0 Å². The Morgan fingerprint density at radius 2 is 2.15 bits per heavy atom. The molecule has 1 amide bonds. The van der Waals surface area contributed by atoms with Crippen LogP contribution >= 0.6 is 11.6 Å². The zero-order valence-electron chi connectivity index (χ0n) is 11.5. The largest absolute Gasteiger partial charge is 0.480 e. The number of benzene rings is 1. The molecule has 0 bridgehead atoms. The Bertz CT molecular complexity index is 514. The summed E-state index contributed by atoms with van der Waals surface area (Å²) in [7, 11) is 0. The summed E-state index contributed by atoms with van der Waals surface area (Å²) >= 11 is 5.83. The minimum Gasteiger partial charge on any atom is -0.480 e. The monoisotopic (exact) mass is 295 g/mol. The summed E-state index contributed by atoms with van der Waals surface area (Å²) < 4.78 is 0. The third-order valence-electron chi connectivity index (χ3n) is 3.05. The molecule has 1 rings (SSSR count). The van der Waals surface area contributed by atoms with E-state index in [0.717, 1.165) is 5.56 Å². The molecule has 0 spiro atoms. The zero-order chi connectivity index (χ0) is 15.1. The molecule has 2 atom stereocenters. The van der Waals surface area contributed by atoms with Gasteiger partial charge in [-0.2, -0.15) is 0 Å². The molecule has 0 heterocycles. The maximum absolute atomic E-state index is 11.7. The average Bonchev–Trinajstić information content (AvgIpc) is 2.41. The first kappa shape index (κ1) is 16.2. The van der Waals surface area contributed by atoms with Crippen LogP contribution in [0.4, 0.5) is 0 Å². The van der Waals surface area contributed by atoms with Crippen LogP contribution in [0.15, 0.2) is 30.3 Å². The Hall–Kier alpha value is -1.81. The number of aliphatic carboxylic acids is 1. The molecule has 0 saturated heterocycles. The average molecular weight is 296 g/mol. The molecule has 1 aromatic rings. The predicted octanol–water partition coefficient (Wildman–Crippen LogP) is 2.97. The third kappa shape index (κ3) is 5.05. The highest BCUT2D eigenvalue weighted by Crippen LogP contribution is 2.12. The van der Waals surface area contributed by atoms with Crippen molar-refractivity contribution < 1.29 is 14.7 Å². The van der Waals surface area contributed by atoms with Crippen LogP contribution in [-0.4, -0.2) is 23.0 Å². The van der Waals surface area contributed by atoms with Gasteiger partial charge in [-0.3, -0.25) is 4.79 Å². The van der Waals surface area contributed by atoms with Gasteiger partial charge >= 0.3 is 5.97 Å². The van der Waals surface area contributed by atoms with Gasteiger partial charge in [0.2, 0.25) is 5.91 Å². The van der Waals surface area contributed by atoms with Gasteiger partial charge in [0.25, 0.3) is 0 Å². The molecular weight excluding hydrogens is 278 g/mol. The summed E-state index contributed by atoms with van der Waals surface area (Å²) in [6, 6.07) is 6.16. The second-order valence-corrected chi connectivity index (χ2v) is 5.03. The lowest BCUT2D eigenvalue weighted by Crippen LogP contribution is -2.44. The van der Waals surface area contributed by atoms with Gasteiger partial charge < -0.3 is 10.4 Å². The van der Waals surface area contributed by atoms with Crippen molar-refractivity contribution in [1.82, 2.24) is 5.32 Å². The van der Waals surface area contributed by atoms with Gasteiger partial charge in [-0.1, -0.05) is 44.0 Å². The molecule has 0 aliphatic carbocycles. The smallest absolute Gasteiger partial charge is 0.326 e. The van der Waals surface area contributed by atoms with E-state index in [-0.39, 0.29) is 5.92 Å². The van der Waals surface area contributed by atoms with Crippen molar-refractivity contribution in [2.24, 2.45) is 5.92 Å². The molecule has 5 heteroatoms. The number of rotatable bonds is 6. The highest BCUT2D eigenvalue weighted by Gasteiger charge is 2.24. The lowest BCUT2D eigenvalue weighted by Gasteiger charge is -2.19. The molecule has 0 saturated carbocycles. The standard InChI is InChI=1S/C15H18ClNO3/c1-3-10(2)14(15(19)20)17-13(18)8-7-11-5-4-6-12(16)9-11/h4-10,14H,3H2,1-2H3,(H,17,18)(H,19,20)/t10?,14-/m0/s1. The predicted molar refractivity (Wildman–Crippen MR) is 79.5 cm³/mol. The molecule has 4 nitrogen and oxygen atoms in total. The van der Waals surface area contributed by atoms with Gasteiger partial charge in [0, 0.05) is 11.1 Å². The van der Waals surface area contributed by atoms with E-state index in [1.165, 1.54) is 6.08 Å². The van der Waals surface area contributed by atoms with Crippen LogP contribution in [-0.2, 0) is 9.59 Å². The van der Waals surface area contributed by atoms with E-state index in [1.54, 1.807) is 37.3 Å². The number of carboxylic acids is 1. The molecule has 0 aliphatic rings. The van der Waals surface area contributed by atoms with Crippen molar-refractivity contribution in [2.45, 2.75) is 26.3 Å². The quantitative estimate of drug-likeness (QED) is 0.793. The SMILES string of the molecule is CCC(C)[C@H](NC(=O)C=Cc1cccc(Cl)c1)C(=O)O. The van der Waals surface area contributed by atoms with Gasteiger partial charge in [-0.25, -0.2) is 4.79 Å². The number of halogens is 1. The van der Waals surface area contributed by atoms with Crippen LogP contribution < -0.4 is 5.32 Å². The molecule has 1 unspecified atom stereocenters. The molecule has 0 radical (unpaired) electrons. The summed E-state index contributed by atoms with van der Waals surface area (Å²) in [6.45, 7) is 3.67. The first-order valence-electron chi connectivity index (χ1n) is 6.41. The lowest BCUT2D eigenvalue weighted by atomic mass is 9.99. The van der Waals surface area contributed by atoms with Gasteiger partial charge in [0.05, 0.1) is 0 Å². The fourth-order valence-electron chi connectivity index (χ4n) is 1.67. The van der Waals surface area contributed by atoms with E-state index in [2.05, 4.69) is 5.32 Å². The van der Waals surface area contributed by atoms with Crippen LogP contribution in [0, 0.1) is 5.92 Å². The Morgan fingerprint density at radius 1 is 1.45 bits per heavy atom. The van der Waals surface area contributed by atoms with E-state index < -0.39 is 17.9 Å². The Balaban J connectivity index is 2.68. The maximum atomic E-state index is 11.7. The molecule has 0 aliphatic heterocycles. The molecule has 0 aromatic heterocycles. The van der Waals surface area contributed by atoms with Crippen LogP contribution in [0.1, 0.15) is 25.8 Å². The van der Waals surface area contributed by atoms with Crippen LogP contribution in [0.2, 0.25) is 5.02 Å². The van der Waals surface area contributed by atoms with Crippen molar-refractivity contribution in [3.63, 3.8) is 0 Å². The third-order valence-corrected chi connectivity index (χ3v) is 3.29. The molecular formula is C15H18ClNO3. The topological polar surface area (TPSA) is 66.4 Å². The summed E-state index contributed by atoms with van der Waals surface area (Å²) in [5.74, 6) is -1.59. The molecule has 1 aromatic carbocycles. The van der Waals surface area contributed by atoms with Crippen LogP contribution in [0.5, 0.6) is 0 Å². The summed E-state index contributed by atoms with van der Waals surface area (Å²) in [5.41, 5.74) is 0.781. The van der Waals surface area contributed by atoms with Crippen molar-refractivity contribution in [1.29, 1.82) is 0 Å². The van der Waals surface area contributed by atoms with E-state index in [4.69, 9.17) is 16.7 Å². The first-order valence-corrected chi connectivity index (χ1v) is 6.78. The van der Waals surface area contributed by atoms with E-state index in [9.17, 15) is 9.59 Å². The molecule has 0 fully saturated rings. The zero-order valence-corrected chi connectivity index (χ0v) is 12.2.